The van der Waals surface area contributed by atoms with Gasteiger partial charge < -0.3 is 9.47 Å². The van der Waals surface area contributed by atoms with Gasteiger partial charge >= 0.3 is 11.9 Å². The molecule has 0 saturated carbocycles. The summed E-state index contributed by atoms with van der Waals surface area (Å²) in [7, 11) is 1.53. The van der Waals surface area contributed by atoms with Crippen LogP contribution in [0.4, 0.5) is 0 Å². The van der Waals surface area contributed by atoms with E-state index in [1.807, 2.05) is 0 Å². The summed E-state index contributed by atoms with van der Waals surface area (Å²) < 4.78 is 9.95. The van der Waals surface area contributed by atoms with E-state index >= 15 is 0 Å². The van der Waals surface area contributed by atoms with Gasteiger partial charge in [-0.2, -0.15) is 0 Å². The zero-order valence-corrected chi connectivity index (χ0v) is 11.9. The number of hydrogen-bond acceptors (Lipinski definition) is 6. The van der Waals surface area contributed by atoms with Crippen molar-refractivity contribution in [2.45, 2.75) is 27.2 Å². The second-order valence-corrected chi connectivity index (χ2v) is 4.17. The Morgan fingerprint density at radius 2 is 1.89 bits per heavy atom. The van der Waals surface area contributed by atoms with Crippen molar-refractivity contribution in [3.63, 3.8) is 0 Å². The smallest absolute Gasteiger partial charge is 0.336 e. The Balaban J connectivity index is 2.85. The van der Waals surface area contributed by atoms with Gasteiger partial charge in [0, 0.05) is 11.6 Å². The maximum absolute atomic E-state index is 12.0. The van der Waals surface area contributed by atoms with E-state index in [9.17, 15) is 9.59 Å². The summed E-state index contributed by atoms with van der Waals surface area (Å²) in [5, 5.41) is 1.59. The largest absolute Gasteiger partial charge is 0.466 e. The van der Waals surface area contributed by atoms with Crippen LogP contribution in [0.15, 0.2) is 11.3 Å². The number of carbonyl (C=O) groups is 2. The molecular weight excluding hydrogens is 250 g/mol. The van der Waals surface area contributed by atoms with Crippen molar-refractivity contribution in [1.82, 2.24) is 5.06 Å². The van der Waals surface area contributed by atoms with E-state index in [2.05, 4.69) is 0 Å². The van der Waals surface area contributed by atoms with Crippen LogP contribution in [0.2, 0.25) is 0 Å². The second-order valence-electron chi connectivity index (χ2n) is 4.17. The molecule has 6 nitrogen and oxygen atoms in total. The highest BCUT2D eigenvalue weighted by atomic mass is 16.7. The van der Waals surface area contributed by atoms with Gasteiger partial charge in [-0.1, -0.05) is 0 Å². The van der Waals surface area contributed by atoms with Crippen molar-refractivity contribution in [3.8, 4) is 0 Å². The molecule has 0 spiro atoms. The Morgan fingerprint density at radius 3 is 2.42 bits per heavy atom. The molecule has 0 aliphatic carbocycles. The first-order valence-corrected chi connectivity index (χ1v) is 6.40. The highest BCUT2D eigenvalue weighted by Gasteiger charge is 2.36. The lowest BCUT2D eigenvalue weighted by molar-refractivity contribution is -0.145. The molecule has 0 bridgehead atoms. The molecule has 0 saturated heterocycles. The van der Waals surface area contributed by atoms with Gasteiger partial charge in [0.05, 0.1) is 38.9 Å². The fourth-order valence-corrected chi connectivity index (χ4v) is 2.18. The first-order valence-electron chi connectivity index (χ1n) is 6.40. The maximum Gasteiger partial charge on any atom is 0.336 e. The van der Waals surface area contributed by atoms with Gasteiger partial charge in [0.15, 0.2) is 0 Å². The van der Waals surface area contributed by atoms with Crippen molar-refractivity contribution in [1.29, 1.82) is 0 Å². The summed E-state index contributed by atoms with van der Waals surface area (Å²) in [5.41, 5.74) is 1.19. The summed E-state index contributed by atoms with van der Waals surface area (Å²) >= 11 is 0. The lowest BCUT2D eigenvalue weighted by atomic mass is 9.97. The van der Waals surface area contributed by atoms with Crippen LogP contribution < -0.4 is 0 Å². The number of rotatable bonds is 6. The molecule has 0 aromatic carbocycles. The molecule has 1 atom stereocenters. The summed E-state index contributed by atoms with van der Waals surface area (Å²) in [6.07, 6.45) is 0.152. The lowest BCUT2D eigenvalue weighted by Crippen LogP contribution is -2.23. The number of ether oxygens (including phenoxy) is 2. The molecule has 0 aromatic rings. The first-order chi connectivity index (χ1) is 9.04. The van der Waals surface area contributed by atoms with Crippen molar-refractivity contribution in [3.05, 3.63) is 11.3 Å². The monoisotopic (exact) mass is 271 g/mol. The molecule has 0 N–H and O–H groups in total. The standard InChI is InChI=1S/C13H21NO5/c1-5-18-11(15)7-10-8-14(17-4)9(3)12(10)13(16)19-6-2/h10H,5-8H2,1-4H3. The molecule has 108 valence electrons. The van der Waals surface area contributed by atoms with Gasteiger partial charge in [-0.05, 0) is 20.8 Å². The van der Waals surface area contributed by atoms with Crippen LogP contribution in [0.3, 0.4) is 0 Å². The molecule has 6 heteroatoms. The maximum atomic E-state index is 12.0. The third kappa shape index (κ3) is 3.70. The van der Waals surface area contributed by atoms with E-state index in [1.54, 1.807) is 25.8 Å². The normalized spacial score (nSPS) is 18.7. The third-order valence-electron chi connectivity index (χ3n) is 2.99. The fourth-order valence-electron chi connectivity index (χ4n) is 2.18. The van der Waals surface area contributed by atoms with Crippen LogP contribution in [0.25, 0.3) is 0 Å². The molecule has 0 aromatic heterocycles. The number of hydroxylamine groups is 2. The van der Waals surface area contributed by atoms with Crippen molar-refractivity contribution < 1.29 is 23.9 Å². The van der Waals surface area contributed by atoms with Crippen LogP contribution in [0.5, 0.6) is 0 Å². The highest BCUT2D eigenvalue weighted by Crippen LogP contribution is 2.31. The van der Waals surface area contributed by atoms with E-state index in [0.29, 0.717) is 31.0 Å². The summed E-state index contributed by atoms with van der Waals surface area (Å²) in [6.45, 7) is 6.36. The van der Waals surface area contributed by atoms with E-state index in [4.69, 9.17) is 14.3 Å². The molecule has 0 amide bonds. The minimum absolute atomic E-state index is 0.152. The van der Waals surface area contributed by atoms with Crippen molar-refractivity contribution in [2.75, 3.05) is 26.9 Å². The van der Waals surface area contributed by atoms with E-state index in [1.165, 1.54) is 7.11 Å². The highest BCUT2D eigenvalue weighted by molar-refractivity contribution is 5.91. The lowest BCUT2D eigenvalue weighted by Gasteiger charge is -2.17. The minimum Gasteiger partial charge on any atom is -0.466 e. The van der Waals surface area contributed by atoms with Gasteiger partial charge in [-0.25, -0.2) is 4.79 Å². The van der Waals surface area contributed by atoms with Crippen LogP contribution >= 0.6 is 0 Å². The number of carbonyl (C=O) groups excluding carboxylic acids is 2. The number of nitrogens with zero attached hydrogens (tertiary/aromatic N) is 1. The Labute approximate surface area is 113 Å². The molecule has 1 aliphatic rings. The zero-order valence-electron chi connectivity index (χ0n) is 11.9. The van der Waals surface area contributed by atoms with Gasteiger partial charge in [0.2, 0.25) is 0 Å². The molecular formula is C13H21NO5. The Hall–Kier alpha value is -1.56. The predicted octanol–water partition coefficient (Wildman–Crippen LogP) is 1.27. The van der Waals surface area contributed by atoms with Crippen LogP contribution in [-0.2, 0) is 23.9 Å². The zero-order chi connectivity index (χ0) is 14.4. The number of hydrogen-bond donors (Lipinski definition) is 0. The quantitative estimate of drug-likeness (QED) is 0.678. The number of esters is 2. The molecule has 1 rings (SSSR count). The summed E-state index contributed by atoms with van der Waals surface area (Å²) in [6, 6.07) is 0. The SMILES string of the molecule is CCOC(=O)CC1CN(OC)C(C)=C1C(=O)OCC. The first kappa shape index (κ1) is 15.5. The molecule has 0 fully saturated rings. The second kappa shape index (κ2) is 7.13. The molecule has 0 radical (unpaired) electrons. The van der Waals surface area contributed by atoms with E-state index in [-0.39, 0.29) is 18.3 Å². The van der Waals surface area contributed by atoms with E-state index < -0.39 is 5.97 Å². The summed E-state index contributed by atoms with van der Waals surface area (Å²) in [5.74, 6) is -0.966. The Bertz CT molecular complexity index is 377. The van der Waals surface area contributed by atoms with Crippen molar-refractivity contribution in [2.24, 2.45) is 5.92 Å². The van der Waals surface area contributed by atoms with Crippen LogP contribution in [0.1, 0.15) is 27.2 Å². The Kier molecular flexibility index (Phi) is 5.82. The summed E-state index contributed by atoms with van der Waals surface area (Å²) in [4.78, 5) is 28.7. The predicted molar refractivity (Wildman–Crippen MR) is 67.8 cm³/mol. The minimum atomic E-state index is -0.395. The van der Waals surface area contributed by atoms with E-state index in [0.717, 1.165) is 0 Å². The molecule has 1 unspecified atom stereocenters. The van der Waals surface area contributed by atoms with Crippen LogP contribution in [-0.4, -0.2) is 43.9 Å². The Morgan fingerprint density at radius 1 is 1.26 bits per heavy atom. The third-order valence-corrected chi connectivity index (χ3v) is 2.99. The van der Waals surface area contributed by atoms with Gasteiger partial charge in [0.25, 0.3) is 0 Å². The van der Waals surface area contributed by atoms with Gasteiger partial charge in [-0.15, -0.1) is 0 Å². The fraction of sp³-hybridized carbons (Fsp3) is 0.692. The average Bonchev–Trinajstić information content (AvgIpc) is 2.66. The van der Waals surface area contributed by atoms with Crippen molar-refractivity contribution >= 4 is 11.9 Å². The molecule has 1 heterocycles. The topological polar surface area (TPSA) is 65.1 Å². The van der Waals surface area contributed by atoms with Crippen LogP contribution in [0, 0.1) is 5.92 Å². The molecule has 1 aliphatic heterocycles. The van der Waals surface area contributed by atoms with Gasteiger partial charge in [0.1, 0.15) is 0 Å². The molecule has 19 heavy (non-hydrogen) atoms. The van der Waals surface area contributed by atoms with Gasteiger partial charge in [-0.3, -0.25) is 14.7 Å². The average molecular weight is 271 g/mol. The number of allylic oxidation sites excluding steroid dienone is 1.